The quantitative estimate of drug-likeness (QED) is 0.727. The lowest BCUT2D eigenvalue weighted by molar-refractivity contribution is 0.649. The van der Waals surface area contributed by atoms with E-state index in [4.69, 9.17) is 4.11 Å². The summed E-state index contributed by atoms with van der Waals surface area (Å²) in [5.41, 5.74) is 1.76. The zero-order valence-corrected chi connectivity index (χ0v) is 7.51. The molecule has 2 rings (SSSR count). The average molecular weight is 179 g/mol. The van der Waals surface area contributed by atoms with Crippen LogP contribution < -0.4 is 10.6 Å². The Bertz CT molecular complexity index is 356. The minimum Gasteiger partial charge on any atom is -0.388 e. The van der Waals surface area contributed by atoms with Gasteiger partial charge in [-0.15, -0.1) is 0 Å². The molecule has 1 fully saturated rings. The summed E-state index contributed by atoms with van der Waals surface area (Å²) >= 11 is 0. The van der Waals surface area contributed by atoms with Crippen molar-refractivity contribution in [1.82, 2.24) is 5.32 Å². The molecule has 2 nitrogen and oxygen atoms in total. The Balaban J connectivity index is 2.23. The van der Waals surface area contributed by atoms with Crippen molar-refractivity contribution in [2.45, 2.75) is 18.9 Å². The summed E-state index contributed by atoms with van der Waals surface area (Å²) in [6.07, 6.45) is 2.21. The standard InChI is InChI=1S/C11H16N2/c1-12-10-6-3-2-5-9(10)11-7-4-8-13-11/h2-3,5-6,11-13H,4,7-8H2,1H3/i1D3. The van der Waals surface area contributed by atoms with E-state index >= 15 is 0 Å². The lowest BCUT2D eigenvalue weighted by Gasteiger charge is -2.15. The van der Waals surface area contributed by atoms with Crippen molar-refractivity contribution in [3.05, 3.63) is 29.8 Å². The highest BCUT2D eigenvalue weighted by Crippen LogP contribution is 2.28. The molecule has 1 heterocycles. The molecule has 0 bridgehead atoms. The monoisotopic (exact) mass is 179 g/mol. The molecule has 1 aromatic carbocycles. The van der Waals surface area contributed by atoms with E-state index in [2.05, 4.69) is 10.6 Å². The molecule has 1 unspecified atom stereocenters. The maximum Gasteiger partial charge on any atom is 0.0453 e. The molecule has 70 valence electrons. The van der Waals surface area contributed by atoms with Crippen LogP contribution in [0.4, 0.5) is 5.69 Å². The van der Waals surface area contributed by atoms with E-state index in [0.29, 0.717) is 5.69 Å². The maximum absolute atomic E-state index is 7.24. The zero-order valence-electron chi connectivity index (χ0n) is 10.5. The number of benzene rings is 1. The van der Waals surface area contributed by atoms with Gasteiger partial charge >= 0.3 is 0 Å². The van der Waals surface area contributed by atoms with Crippen LogP contribution in [0.3, 0.4) is 0 Å². The van der Waals surface area contributed by atoms with Crippen LogP contribution in [0.1, 0.15) is 28.6 Å². The Labute approximate surface area is 83.6 Å². The summed E-state index contributed by atoms with van der Waals surface area (Å²) in [7, 11) is 0. The summed E-state index contributed by atoms with van der Waals surface area (Å²) in [4.78, 5) is 0. The first-order valence-electron chi connectivity index (χ1n) is 6.17. The molecular weight excluding hydrogens is 160 g/mol. The molecule has 2 N–H and O–H groups in total. The number of para-hydroxylation sites is 1. The first kappa shape index (κ1) is 5.66. The summed E-state index contributed by atoms with van der Waals surface area (Å²) in [5.74, 6) is 0. The summed E-state index contributed by atoms with van der Waals surface area (Å²) in [5, 5.41) is 5.96. The van der Waals surface area contributed by atoms with Crippen LogP contribution in [0.25, 0.3) is 0 Å². The minimum absolute atomic E-state index is 0.283. The van der Waals surface area contributed by atoms with Gasteiger partial charge in [0.15, 0.2) is 0 Å². The van der Waals surface area contributed by atoms with Gasteiger partial charge in [-0.3, -0.25) is 0 Å². The van der Waals surface area contributed by atoms with Crippen molar-refractivity contribution in [2.75, 3.05) is 18.8 Å². The van der Waals surface area contributed by atoms with Crippen LogP contribution in [0.5, 0.6) is 0 Å². The Morgan fingerprint density at radius 2 is 2.46 bits per heavy atom. The molecule has 0 spiro atoms. The third kappa shape index (κ3) is 1.68. The maximum atomic E-state index is 7.24. The summed E-state index contributed by atoms with van der Waals surface area (Å²) in [6, 6.07) is 7.89. The van der Waals surface area contributed by atoms with E-state index in [9.17, 15) is 0 Å². The molecule has 0 aliphatic carbocycles. The van der Waals surface area contributed by atoms with Crippen molar-refractivity contribution in [3.63, 3.8) is 0 Å². The predicted molar refractivity (Wildman–Crippen MR) is 56.0 cm³/mol. The fraction of sp³-hybridized carbons (Fsp3) is 0.455. The van der Waals surface area contributed by atoms with Crippen LogP contribution in [0.2, 0.25) is 0 Å². The Morgan fingerprint density at radius 3 is 3.23 bits per heavy atom. The van der Waals surface area contributed by atoms with Crippen molar-refractivity contribution in [1.29, 1.82) is 0 Å². The minimum atomic E-state index is -2.13. The predicted octanol–water partition coefficient (Wildman–Crippen LogP) is 2.15. The molecular formula is C11H16N2. The van der Waals surface area contributed by atoms with E-state index in [1.165, 1.54) is 0 Å². The first-order valence-corrected chi connectivity index (χ1v) is 4.67. The van der Waals surface area contributed by atoms with Crippen molar-refractivity contribution >= 4 is 5.69 Å². The average Bonchev–Trinajstić information content (AvgIpc) is 2.69. The Morgan fingerprint density at radius 1 is 1.54 bits per heavy atom. The molecule has 0 amide bonds. The van der Waals surface area contributed by atoms with Gasteiger partial charge in [0.05, 0.1) is 0 Å². The smallest absolute Gasteiger partial charge is 0.0453 e. The highest BCUT2D eigenvalue weighted by atomic mass is 14.9. The van der Waals surface area contributed by atoms with Crippen LogP contribution in [-0.4, -0.2) is 13.5 Å². The van der Waals surface area contributed by atoms with Crippen LogP contribution >= 0.6 is 0 Å². The molecule has 0 aromatic heterocycles. The second kappa shape index (κ2) is 3.79. The fourth-order valence-electron chi connectivity index (χ4n) is 1.86. The largest absolute Gasteiger partial charge is 0.388 e. The van der Waals surface area contributed by atoms with E-state index in [1.54, 1.807) is 0 Å². The molecule has 2 heteroatoms. The van der Waals surface area contributed by atoms with Gasteiger partial charge in [0.25, 0.3) is 0 Å². The molecule has 1 aliphatic heterocycles. The summed E-state index contributed by atoms with van der Waals surface area (Å²) in [6.45, 7) is -1.12. The number of anilines is 1. The summed E-state index contributed by atoms with van der Waals surface area (Å²) < 4.78 is 21.7. The Hall–Kier alpha value is -1.02. The topological polar surface area (TPSA) is 24.1 Å². The van der Waals surface area contributed by atoms with Gasteiger partial charge in [-0.25, -0.2) is 0 Å². The van der Waals surface area contributed by atoms with Gasteiger partial charge in [0.1, 0.15) is 0 Å². The van der Waals surface area contributed by atoms with Gasteiger partial charge in [-0.1, -0.05) is 18.2 Å². The fourth-order valence-corrected chi connectivity index (χ4v) is 1.86. The Kier molecular flexibility index (Phi) is 1.65. The highest BCUT2D eigenvalue weighted by molar-refractivity contribution is 5.52. The second-order valence-electron chi connectivity index (χ2n) is 3.36. The van der Waals surface area contributed by atoms with Crippen molar-refractivity contribution in [3.8, 4) is 0 Å². The molecule has 1 saturated heterocycles. The van der Waals surface area contributed by atoms with Gasteiger partial charge in [0, 0.05) is 22.8 Å². The highest BCUT2D eigenvalue weighted by Gasteiger charge is 2.17. The normalized spacial score (nSPS) is 26.2. The third-order valence-electron chi connectivity index (χ3n) is 2.53. The van der Waals surface area contributed by atoms with Crippen molar-refractivity contribution < 1.29 is 4.11 Å². The number of hydrogen-bond acceptors (Lipinski definition) is 2. The molecule has 0 saturated carbocycles. The van der Waals surface area contributed by atoms with E-state index in [0.717, 1.165) is 24.9 Å². The van der Waals surface area contributed by atoms with E-state index in [-0.39, 0.29) is 6.04 Å². The molecule has 1 aromatic rings. The van der Waals surface area contributed by atoms with Gasteiger partial charge in [-0.2, -0.15) is 0 Å². The van der Waals surface area contributed by atoms with Gasteiger partial charge in [-0.05, 0) is 31.0 Å². The van der Waals surface area contributed by atoms with Crippen LogP contribution in [0.15, 0.2) is 24.3 Å². The molecule has 1 aliphatic rings. The molecule has 1 atom stereocenters. The lowest BCUT2D eigenvalue weighted by atomic mass is 10.0. The number of hydrogen-bond donors (Lipinski definition) is 2. The van der Waals surface area contributed by atoms with E-state index in [1.807, 2.05) is 24.3 Å². The van der Waals surface area contributed by atoms with Crippen LogP contribution in [0, 0.1) is 0 Å². The lowest BCUT2D eigenvalue weighted by Crippen LogP contribution is -2.14. The second-order valence-corrected chi connectivity index (χ2v) is 3.36. The number of nitrogens with one attached hydrogen (secondary N) is 2. The van der Waals surface area contributed by atoms with Crippen molar-refractivity contribution in [2.24, 2.45) is 0 Å². The molecule has 13 heavy (non-hydrogen) atoms. The van der Waals surface area contributed by atoms with Gasteiger partial charge in [0.2, 0.25) is 0 Å². The first-order chi connectivity index (χ1) is 7.56. The van der Waals surface area contributed by atoms with E-state index < -0.39 is 6.98 Å². The molecule has 0 radical (unpaired) electrons. The zero-order chi connectivity index (χ0) is 11.6. The number of rotatable bonds is 2. The third-order valence-corrected chi connectivity index (χ3v) is 2.53. The van der Waals surface area contributed by atoms with Crippen LogP contribution in [-0.2, 0) is 0 Å². The SMILES string of the molecule is [2H]C([2H])([2H])Nc1ccccc1C1CCCN1. The van der Waals surface area contributed by atoms with Gasteiger partial charge < -0.3 is 10.6 Å².